The molecule has 0 aliphatic carbocycles. The highest BCUT2D eigenvalue weighted by Gasteiger charge is 2.35. The molecular formula is C15H12O6. The molecule has 0 aromatic heterocycles. The van der Waals surface area contributed by atoms with Crippen LogP contribution in [-0.4, -0.2) is 32.4 Å². The summed E-state index contributed by atoms with van der Waals surface area (Å²) in [4.78, 5) is 22.4. The van der Waals surface area contributed by atoms with E-state index in [1.54, 1.807) is 0 Å². The zero-order valence-corrected chi connectivity index (χ0v) is 10.7. The summed E-state index contributed by atoms with van der Waals surface area (Å²) < 4.78 is 0. The van der Waals surface area contributed by atoms with Crippen LogP contribution in [0, 0.1) is 0 Å². The average molecular weight is 288 g/mol. The number of benzene rings is 2. The summed E-state index contributed by atoms with van der Waals surface area (Å²) in [5.74, 6) is -5.42. The van der Waals surface area contributed by atoms with Gasteiger partial charge in [0.15, 0.2) is 0 Å². The standard InChI is InChI=1S/C15H12O6/c16-13(17)9-5-1-3-7-11(9)15(20,21)12-8-4-2-6-10(12)14(18)19/h1-8,20-21H,(H,16,17)(H,18,19). The van der Waals surface area contributed by atoms with E-state index in [4.69, 9.17) is 10.2 Å². The maximum Gasteiger partial charge on any atom is 0.336 e. The van der Waals surface area contributed by atoms with Crippen molar-refractivity contribution in [2.45, 2.75) is 5.79 Å². The minimum atomic E-state index is -2.73. The molecule has 0 heterocycles. The molecule has 4 N–H and O–H groups in total. The fourth-order valence-electron chi connectivity index (χ4n) is 2.09. The molecule has 0 spiro atoms. The van der Waals surface area contributed by atoms with Crippen LogP contribution in [-0.2, 0) is 5.79 Å². The fourth-order valence-corrected chi connectivity index (χ4v) is 2.09. The minimum absolute atomic E-state index is 0.300. The Labute approximate surface area is 119 Å². The maximum absolute atomic E-state index is 11.2. The Balaban J connectivity index is 2.69. The van der Waals surface area contributed by atoms with Gasteiger partial charge >= 0.3 is 11.9 Å². The molecule has 0 aliphatic heterocycles. The van der Waals surface area contributed by atoms with Crippen LogP contribution in [0.3, 0.4) is 0 Å². The van der Waals surface area contributed by atoms with Gasteiger partial charge in [-0.3, -0.25) is 0 Å². The third-order valence-corrected chi connectivity index (χ3v) is 3.07. The lowest BCUT2D eigenvalue weighted by Gasteiger charge is -2.25. The first-order valence-electron chi connectivity index (χ1n) is 5.96. The Morgan fingerprint density at radius 1 is 0.714 bits per heavy atom. The van der Waals surface area contributed by atoms with Crippen molar-refractivity contribution in [2.75, 3.05) is 0 Å². The second kappa shape index (κ2) is 5.35. The minimum Gasteiger partial charge on any atom is -0.478 e. The first-order chi connectivity index (χ1) is 9.85. The zero-order chi connectivity index (χ0) is 15.6. The molecule has 0 bridgehead atoms. The van der Waals surface area contributed by atoms with E-state index in [1.165, 1.54) is 48.5 Å². The van der Waals surface area contributed by atoms with Gasteiger partial charge < -0.3 is 20.4 Å². The molecule has 2 rings (SSSR count). The molecule has 0 saturated heterocycles. The lowest BCUT2D eigenvalue weighted by atomic mass is 9.90. The van der Waals surface area contributed by atoms with Gasteiger partial charge in [-0.25, -0.2) is 9.59 Å². The van der Waals surface area contributed by atoms with Gasteiger partial charge in [-0.05, 0) is 12.1 Å². The summed E-state index contributed by atoms with van der Waals surface area (Å²) >= 11 is 0. The summed E-state index contributed by atoms with van der Waals surface area (Å²) in [5, 5.41) is 38.9. The molecule has 0 unspecified atom stereocenters. The Morgan fingerprint density at radius 2 is 1.05 bits per heavy atom. The smallest absolute Gasteiger partial charge is 0.336 e. The van der Waals surface area contributed by atoms with Crippen LogP contribution in [0.2, 0.25) is 0 Å². The van der Waals surface area contributed by atoms with Crippen molar-refractivity contribution < 1.29 is 30.0 Å². The number of rotatable bonds is 4. The van der Waals surface area contributed by atoms with Crippen LogP contribution in [0.4, 0.5) is 0 Å². The number of carboxylic acids is 2. The van der Waals surface area contributed by atoms with Crippen LogP contribution in [0.15, 0.2) is 48.5 Å². The Kier molecular flexibility index (Phi) is 3.75. The molecule has 0 saturated carbocycles. The molecule has 108 valence electrons. The van der Waals surface area contributed by atoms with Crippen molar-refractivity contribution in [3.8, 4) is 0 Å². The van der Waals surface area contributed by atoms with E-state index in [0.29, 0.717) is 0 Å². The van der Waals surface area contributed by atoms with E-state index in [0.717, 1.165) is 0 Å². The quantitative estimate of drug-likeness (QED) is 0.630. The Bertz CT molecular complexity index is 645. The van der Waals surface area contributed by atoms with E-state index < -0.39 is 17.7 Å². The van der Waals surface area contributed by atoms with E-state index in [9.17, 15) is 19.8 Å². The molecule has 21 heavy (non-hydrogen) atoms. The highest BCUT2D eigenvalue weighted by molar-refractivity contribution is 5.92. The number of aromatic carboxylic acids is 2. The van der Waals surface area contributed by atoms with Crippen LogP contribution in [0.1, 0.15) is 31.8 Å². The van der Waals surface area contributed by atoms with Crippen molar-refractivity contribution in [1.29, 1.82) is 0 Å². The Hall–Kier alpha value is -2.70. The molecular weight excluding hydrogens is 276 g/mol. The van der Waals surface area contributed by atoms with Gasteiger partial charge in [0.1, 0.15) is 0 Å². The summed E-state index contributed by atoms with van der Waals surface area (Å²) in [7, 11) is 0. The van der Waals surface area contributed by atoms with Crippen molar-refractivity contribution in [3.05, 3.63) is 70.8 Å². The first kappa shape index (κ1) is 14.7. The second-order valence-corrected chi connectivity index (χ2v) is 4.37. The molecule has 6 nitrogen and oxygen atoms in total. The summed E-state index contributed by atoms with van der Waals surface area (Å²) in [6.45, 7) is 0. The van der Waals surface area contributed by atoms with Crippen LogP contribution >= 0.6 is 0 Å². The van der Waals surface area contributed by atoms with Gasteiger partial charge in [-0.2, -0.15) is 0 Å². The second-order valence-electron chi connectivity index (χ2n) is 4.37. The normalized spacial score (nSPS) is 11.1. The summed E-state index contributed by atoms with van der Waals surface area (Å²) in [5.41, 5.74) is -1.23. The molecule has 0 atom stereocenters. The van der Waals surface area contributed by atoms with E-state index in [1.807, 2.05) is 0 Å². The van der Waals surface area contributed by atoms with Crippen LogP contribution < -0.4 is 0 Å². The zero-order valence-electron chi connectivity index (χ0n) is 10.7. The van der Waals surface area contributed by atoms with Crippen molar-refractivity contribution in [2.24, 2.45) is 0 Å². The first-order valence-corrected chi connectivity index (χ1v) is 5.96. The SMILES string of the molecule is O=C(O)c1ccccc1C(O)(O)c1ccccc1C(=O)O. The van der Waals surface area contributed by atoms with Gasteiger partial charge in [0.2, 0.25) is 5.79 Å². The van der Waals surface area contributed by atoms with E-state index in [2.05, 4.69) is 0 Å². The van der Waals surface area contributed by atoms with E-state index in [-0.39, 0.29) is 22.3 Å². The largest absolute Gasteiger partial charge is 0.478 e. The number of carboxylic acid groups (broad SMARTS) is 2. The number of hydrogen-bond donors (Lipinski definition) is 4. The lowest BCUT2D eigenvalue weighted by Crippen LogP contribution is -2.31. The van der Waals surface area contributed by atoms with Gasteiger partial charge in [0.05, 0.1) is 11.1 Å². The maximum atomic E-state index is 11.2. The van der Waals surface area contributed by atoms with Gasteiger partial charge in [0, 0.05) is 11.1 Å². The molecule has 0 amide bonds. The summed E-state index contributed by atoms with van der Waals surface area (Å²) in [6, 6.07) is 10.6. The van der Waals surface area contributed by atoms with Crippen molar-refractivity contribution in [3.63, 3.8) is 0 Å². The topological polar surface area (TPSA) is 115 Å². The van der Waals surface area contributed by atoms with Crippen molar-refractivity contribution >= 4 is 11.9 Å². The van der Waals surface area contributed by atoms with Crippen LogP contribution in [0.25, 0.3) is 0 Å². The molecule has 2 aromatic carbocycles. The van der Waals surface area contributed by atoms with E-state index >= 15 is 0 Å². The summed E-state index contributed by atoms with van der Waals surface area (Å²) in [6.07, 6.45) is 0. The van der Waals surface area contributed by atoms with Gasteiger partial charge in [0.25, 0.3) is 0 Å². The number of carbonyl (C=O) groups is 2. The van der Waals surface area contributed by atoms with Gasteiger partial charge in [-0.15, -0.1) is 0 Å². The fraction of sp³-hybridized carbons (Fsp3) is 0.0667. The predicted molar refractivity (Wildman–Crippen MR) is 72.0 cm³/mol. The number of hydrogen-bond acceptors (Lipinski definition) is 4. The van der Waals surface area contributed by atoms with Gasteiger partial charge in [-0.1, -0.05) is 36.4 Å². The molecule has 6 heteroatoms. The third-order valence-electron chi connectivity index (χ3n) is 3.07. The predicted octanol–water partition coefficient (Wildman–Crippen LogP) is 1.27. The highest BCUT2D eigenvalue weighted by atomic mass is 16.5. The molecule has 0 fully saturated rings. The molecule has 0 aliphatic rings. The van der Waals surface area contributed by atoms with Crippen molar-refractivity contribution in [1.82, 2.24) is 0 Å². The highest BCUT2D eigenvalue weighted by Crippen LogP contribution is 2.31. The number of aliphatic hydroxyl groups is 2. The monoisotopic (exact) mass is 288 g/mol. The molecule has 0 radical (unpaired) electrons. The third kappa shape index (κ3) is 2.62. The Morgan fingerprint density at radius 3 is 1.38 bits per heavy atom. The van der Waals surface area contributed by atoms with Crippen LogP contribution in [0.5, 0.6) is 0 Å². The average Bonchev–Trinajstić information content (AvgIpc) is 2.47. The molecule has 2 aromatic rings. The lowest BCUT2D eigenvalue weighted by molar-refractivity contribution is -0.133.